The normalized spacial score (nSPS) is 32.1. The Morgan fingerprint density at radius 1 is 1.50 bits per heavy atom. The van der Waals surface area contributed by atoms with Crippen LogP contribution in [-0.4, -0.2) is 29.7 Å². The molecule has 0 spiro atoms. The third-order valence-corrected chi connectivity index (χ3v) is 4.49. The summed E-state index contributed by atoms with van der Waals surface area (Å²) >= 11 is 6.07. The summed E-state index contributed by atoms with van der Waals surface area (Å²) in [6.07, 6.45) is 2.09. The molecule has 1 aliphatic heterocycles. The minimum atomic E-state index is -0.447. The number of ether oxygens (including phenoxy) is 1. The topological polar surface area (TPSA) is 90.4 Å². The number of nitrogens with zero attached hydrogens (tertiary/aromatic N) is 1. The van der Waals surface area contributed by atoms with E-state index < -0.39 is 4.92 Å². The lowest BCUT2D eigenvalue weighted by Crippen LogP contribution is -2.69. The van der Waals surface area contributed by atoms with E-state index in [9.17, 15) is 10.1 Å². The number of nitrogens with one attached hydrogen (secondary N) is 1. The molecular formula is C13H16ClN3O3. The third-order valence-electron chi connectivity index (χ3n) is 4.18. The molecule has 1 aromatic carbocycles. The number of halogens is 1. The van der Waals surface area contributed by atoms with Gasteiger partial charge < -0.3 is 15.8 Å². The van der Waals surface area contributed by atoms with Crippen LogP contribution < -0.4 is 11.1 Å². The van der Waals surface area contributed by atoms with Crippen LogP contribution in [0, 0.1) is 16.0 Å². The largest absolute Gasteiger partial charge is 0.376 e. The van der Waals surface area contributed by atoms with E-state index >= 15 is 0 Å². The van der Waals surface area contributed by atoms with Gasteiger partial charge in [0.1, 0.15) is 5.69 Å². The fourth-order valence-corrected chi connectivity index (χ4v) is 3.32. The van der Waals surface area contributed by atoms with E-state index in [1.165, 1.54) is 6.07 Å². The van der Waals surface area contributed by atoms with Gasteiger partial charge in [0.15, 0.2) is 0 Å². The molecule has 20 heavy (non-hydrogen) atoms. The van der Waals surface area contributed by atoms with Crippen molar-refractivity contribution < 1.29 is 9.66 Å². The minimum Gasteiger partial charge on any atom is -0.376 e. The van der Waals surface area contributed by atoms with E-state index in [4.69, 9.17) is 22.1 Å². The Labute approximate surface area is 121 Å². The molecule has 4 unspecified atom stereocenters. The fourth-order valence-electron chi connectivity index (χ4n) is 3.10. The number of benzene rings is 1. The molecule has 1 saturated heterocycles. The third kappa shape index (κ3) is 2.13. The van der Waals surface area contributed by atoms with Crippen LogP contribution in [-0.2, 0) is 4.74 Å². The van der Waals surface area contributed by atoms with Crippen molar-refractivity contribution >= 4 is 23.0 Å². The maximum Gasteiger partial charge on any atom is 0.293 e. The van der Waals surface area contributed by atoms with Crippen molar-refractivity contribution in [1.82, 2.24) is 0 Å². The molecule has 1 heterocycles. The summed E-state index contributed by atoms with van der Waals surface area (Å²) in [7, 11) is 0. The Morgan fingerprint density at radius 2 is 2.30 bits per heavy atom. The van der Waals surface area contributed by atoms with Gasteiger partial charge in [0.25, 0.3) is 5.69 Å². The molecule has 1 saturated carbocycles. The SMILES string of the molecule is NC1C2CCCOC2C1Nc1c(Cl)cccc1[N+](=O)[O-]. The summed E-state index contributed by atoms with van der Waals surface area (Å²) < 4.78 is 5.72. The highest BCUT2D eigenvalue weighted by atomic mass is 35.5. The number of anilines is 1. The number of hydrogen-bond acceptors (Lipinski definition) is 5. The summed E-state index contributed by atoms with van der Waals surface area (Å²) in [5.41, 5.74) is 6.43. The molecule has 2 aliphatic rings. The van der Waals surface area contributed by atoms with Gasteiger partial charge in [-0.15, -0.1) is 0 Å². The standard InChI is InChI=1S/C13H16ClN3O3/c14-8-4-1-5-9(17(18)19)11(8)16-12-10(15)7-3-2-6-20-13(7)12/h1,4-5,7,10,12-13,16H,2-3,6,15H2. The predicted octanol–water partition coefficient (Wildman–Crippen LogP) is 2.16. The maximum atomic E-state index is 11.1. The van der Waals surface area contributed by atoms with Crippen molar-refractivity contribution in [2.24, 2.45) is 11.7 Å². The van der Waals surface area contributed by atoms with Crippen molar-refractivity contribution in [1.29, 1.82) is 0 Å². The molecule has 2 fully saturated rings. The summed E-state index contributed by atoms with van der Waals surface area (Å²) in [6, 6.07) is 4.43. The molecule has 1 aromatic rings. The first kappa shape index (κ1) is 13.6. The Hall–Kier alpha value is -1.37. The zero-order chi connectivity index (χ0) is 14.3. The van der Waals surface area contributed by atoms with Crippen molar-refractivity contribution in [3.63, 3.8) is 0 Å². The van der Waals surface area contributed by atoms with E-state index in [2.05, 4.69) is 5.32 Å². The van der Waals surface area contributed by atoms with Gasteiger partial charge in [0.2, 0.25) is 0 Å². The predicted molar refractivity (Wildman–Crippen MR) is 76.0 cm³/mol. The lowest BCUT2D eigenvalue weighted by Gasteiger charge is -2.52. The monoisotopic (exact) mass is 297 g/mol. The average molecular weight is 298 g/mol. The van der Waals surface area contributed by atoms with Crippen molar-refractivity contribution in [3.8, 4) is 0 Å². The Balaban J connectivity index is 1.83. The second-order valence-electron chi connectivity index (χ2n) is 5.28. The first-order valence-corrected chi connectivity index (χ1v) is 7.04. The van der Waals surface area contributed by atoms with Crippen LogP contribution in [0.2, 0.25) is 5.02 Å². The summed E-state index contributed by atoms with van der Waals surface area (Å²) in [4.78, 5) is 10.6. The van der Waals surface area contributed by atoms with Crippen LogP contribution in [0.3, 0.4) is 0 Å². The number of hydrogen-bond donors (Lipinski definition) is 2. The zero-order valence-corrected chi connectivity index (χ0v) is 11.5. The number of rotatable bonds is 3. The number of nitrogens with two attached hydrogens (primary N) is 1. The molecule has 3 rings (SSSR count). The number of para-hydroxylation sites is 1. The molecule has 6 nitrogen and oxygen atoms in total. The smallest absolute Gasteiger partial charge is 0.293 e. The van der Waals surface area contributed by atoms with E-state index in [1.807, 2.05) is 0 Å². The Bertz CT molecular complexity index is 540. The number of fused-ring (bicyclic) bond motifs is 1. The molecule has 7 heteroatoms. The van der Waals surface area contributed by atoms with Crippen molar-refractivity contribution in [2.75, 3.05) is 11.9 Å². The quantitative estimate of drug-likeness (QED) is 0.659. The number of nitro benzene ring substituents is 1. The highest BCUT2D eigenvalue weighted by molar-refractivity contribution is 6.33. The lowest BCUT2D eigenvalue weighted by atomic mass is 9.68. The van der Waals surface area contributed by atoms with E-state index in [1.54, 1.807) is 12.1 Å². The van der Waals surface area contributed by atoms with Gasteiger partial charge in [0, 0.05) is 24.6 Å². The molecule has 0 amide bonds. The summed E-state index contributed by atoms with van der Waals surface area (Å²) in [5, 5.41) is 14.5. The molecule has 1 aliphatic carbocycles. The molecule has 4 atom stereocenters. The molecule has 108 valence electrons. The van der Waals surface area contributed by atoms with Gasteiger partial charge in [-0.2, -0.15) is 0 Å². The van der Waals surface area contributed by atoms with Crippen molar-refractivity contribution in [2.45, 2.75) is 31.0 Å². The second-order valence-corrected chi connectivity index (χ2v) is 5.69. The van der Waals surface area contributed by atoms with Crippen LogP contribution in [0.5, 0.6) is 0 Å². The summed E-state index contributed by atoms with van der Waals surface area (Å²) in [6.45, 7) is 0.719. The van der Waals surface area contributed by atoms with E-state index in [-0.39, 0.29) is 23.9 Å². The lowest BCUT2D eigenvalue weighted by molar-refractivity contribution is -0.384. The first-order valence-electron chi connectivity index (χ1n) is 6.66. The van der Waals surface area contributed by atoms with E-state index in [0.717, 1.165) is 19.4 Å². The summed E-state index contributed by atoms with van der Waals surface area (Å²) in [5.74, 6) is 0.336. The highest BCUT2D eigenvalue weighted by Crippen LogP contribution is 2.41. The van der Waals surface area contributed by atoms with Gasteiger partial charge in [-0.25, -0.2) is 0 Å². The Morgan fingerprint density at radius 3 is 3.05 bits per heavy atom. The van der Waals surface area contributed by atoms with Gasteiger partial charge in [-0.1, -0.05) is 17.7 Å². The molecule has 3 N–H and O–H groups in total. The maximum absolute atomic E-state index is 11.1. The second kappa shape index (κ2) is 5.20. The van der Waals surface area contributed by atoms with Crippen LogP contribution >= 0.6 is 11.6 Å². The van der Waals surface area contributed by atoms with Crippen LogP contribution in [0.4, 0.5) is 11.4 Å². The molecular weight excluding hydrogens is 282 g/mol. The molecule has 0 bridgehead atoms. The molecule has 0 aromatic heterocycles. The molecule has 0 radical (unpaired) electrons. The fraction of sp³-hybridized carbons (Fsp3) is 0.538. The number of nitro groups is 1. The van der Waals surface area contributed by atoms with Gasteiger partial charge in [-0.05, 0) is 18.9 Å². The highest BCUT2D eigenvalue weighted by Gasteiger charge is 2.51. The van der Waals surface area contributed by atoms with Crippen LogP contribution in [0.25, 0.3) is 0 Å². The van der Waals surface area contributed by atoms with Gasteiger partial charge >= 0.3 is 0 Å². The Kier molecular flexibility index (Phi) is 3.54. The average Bonchev–Trinajstić information content (AvgIpc) is 2.45. The van der Waals surface area contributed by atoms with Crippen LogP contribution in [0.1, 0.15) is 12.8 Å². The zero-order valence-electron chi connectivity index (χ0n) is 10.8. The van der Waals surface area contributed by atoms with Crippen LogP contribution in [0.15, 0.2) is 18.2 Å². The van der Waals surface area contributed by atoms with Gasteiger partial charge in [-0.3, -0.25) is 10.1 Å². The first-order chi connectivity index (χ1) is 9.59. The van der Waals surface area contributed by atoms with Gasteiger partial charge in [0.05, 0.1) is 22.1 Å². The van der Waals surface area contributed by atoms with E-state index in [0.29, 0.717) is 16.6 Å². The minimum absolute atomic E-state index is 0.0228. The van der Waals surface area contributed by atoms with Crippen molar-refractivity contribution in [3.05, 3.63) is 33.3 Å².